The quantitative estimate of drug-likeness (QED) is 0.498. The SMILES string of the molecule is Cn1c(=O)c2c(nc3n(Cc4ccco4)c(C45CC6CC(CC(C6)C4)C5)cn23)n(C)c1=O. The molecule has 4 bridgehead atoms. The van der Waals surface area contributed by atoms with Crippen LogP contribution >= 0.6 is 0 Å². The molecule has 0 unspecified atom stereocenters. The van der Waals surface area contributed by atoms with Crippen LogP contribution in [0.3, 0.4) is 0 Å². The third-order valence-corrected chi connectivity index (χ3v) is 8.53. The minimum absolute atomic E-state index is 0.139. The van der Waals surface area contributed by atoms with E-state index in [0.29, 0.717) is 23.5 Å². The van der Waals surface area contributed by atoms with Crippen molar-refractivity contribution in [1.82, 2.24) is 23.1 Å². The van der Waals surface area contributed by atoms with Crippen molar-refractivity contribution < 1.29 is 4.42 Å². The fourth-order valence-electron chi connectivity index (χ4n) is 7.58. The van der Waals surface area contributed by atoms with Crippen LogP contribution in [0.15, 0.2) is 38.6 Å². The van der Waals surface area contributed by atoms with Crippen LogP contribution in [0, 0.1) is 17.8 Å². The maximum atomic E-state index is 13.1. The maximum Gasteiger partial charge on any atom is 0.332 e. The normalized spacial score (nSPS) is 29.0. The van der Waals surface area contributed by atoms with Gasteiger partial charge >= 0.3 is 5.69 Å². The Bertz CT molecular complexity index is 1460. The Morgan fingerprint density at radius 3 is 2.38 bits per heavy atom. The van der Waals surface area contributed by atoms with Crippen LogP contribution in [0.4, 0.5) is 0 Å². The molecule has 4 saturated carbocycles. The van der Waals surface area contributed by atoms with Crippen LogP contribution in [0.5, 0.6) is 0 Å². The lowest BCUT2D eigenvalue weighted by Gasteiger charge is -2.56. The fourth-order valence-corrected chi connectivity index (χ4v) is 7.58. The van der Waals surface area contributed by atoms with Gasteiger partial charge < -0.3 is 8.98 Å². The topological polar surface area (TPSA) is 79.4 Å². The number of rotatable bonds is 3. The highest BCUT2D eigenvalue weighted by Crippen LogP contribution is 2.60. The Morgan fingerprint density at radius 2 is 1.75 bits per heavy atom. The summed E-state index contributed by atoms with van der Waals surface area (Å²) in [7, 11) is 3.21. The number of hydrogen-bond donors (Lipinski definition) is 0. The summed E-state index contributed by atoms with van der Waals surface area (Å²) in [5.41, 5.74) is 1.64. The highest BCUT2D eigenvalue weighted by molar-refractivity contribution is 5.75. The van der Waals surface area contributed by atoms with Crippen molar-refractivity contribution in [1.29, 1.82) is 0 Å². The monoisotopic (exact) mass is 433 g/mol. The Balaban J connectivity index is 1.53. The predicted molar refractivity (Wildman–Crippen MR) is 119 cm³/mol. The number of nitrogens with zero attached hydrogens (tertiary/aromatic N) is 5. The van der Waals surface area contributed by atoms with E-state index in [9.17, 15) is 9.59 Å². The smallest absolute Gasteiger partial charge is 0.332 e. The van der Waals surface area contributed by atoms with E-state index in [-0.39, 0.29) is 16.7 Å². The Morgan fingerprint density at radius 1 is 1.06 bits per heavy atom. The van der Waals surface area contributed by atoms with Crippen molar-refractivity contribution in [3.05, 3.63) is 56.9 Å². The summed E-state index contributed by atoms with van der Waals surface area (Å²) in [6.07, 6.45) is 11.6. The summed E-state index contributed by atoms with van der Waals surface area (Å²) in [6.45, 7) is 0.568. The molecule has 8 nitrogen and oxygen atoms in total. The maximum absolute atomic E-state index is 13.1. The minimum atomic E-state index is -0.359. The number of aromatic nitrogens is 5. The zero-order valence-corrected chi connectivity index (χ0v) is 18.5. The van der Waals surface area contributed by atoms with Gasteiger partial charge in [-0.25, -0.2) is 4.79 Å². The summed E-state index contributed by atoms with van der Waals surface area (Å²) in [4.78, 5) is 30.5. The van der Waals surface area contributed by atoms with Gasteiger partial charge in [-0.3, -0.25) is 18.3 Å². The Hall–Kier alpha value is -3.03. The zero-order chi connectivity index (χ0) is 21.8. The number of furan rings is 1. The van der Waals surface area contributed by atoms with Gasteiger partial charge in [0, 0.05) is 31.4 Å². The molecule has 4 aliphatic carbocycles. The third kappa shape index (κ3) is 2.30. The molecule has 32 heavy (non-hydrogen) atoms. The van der Waals surface area contributed by atoms with Crippen LogP contribution in [-0.4, -0.2) is 23.1 Å². The molecule has 0 aliphatic heterocycles. The molecule has 4 aliphatic rings. The number of fused-ring (bicyclic) bond motifs is 3. The molecule has 8 heteroatoms. The van der Waals surface area contributed by atoms with Crippen molar-refractivity contribution in [2.75, 3.05) is 0 Å². The zero-order valence-electron chi connectivity index (χ0n) is 18.5. The first kappa shape index (κ1) is 18.5. The van der Waals surface area contributed by atoms with E-state index in [1.54, 1.807) is 13.3 Å². The predicted octanol–water partition coefficient (Wildman–Crippen LogP) is 2.80. The molecule has 4 aromatic rings. The summed E-state index contributed by atoms with van der Waals surface area (Å²) in [6, 6.07) is 3.89. The minimum Gasteiger partial charge on any atom is -0.467 e. The number of aryl methyl sites for hydroxylation is 1. The van der Waals surface area contributed by atoms with Gasteiger partial charge in [0.25, 0.3) is 5.56 Å². The third-order valence-electron chi connectivity index (χ3n) is 8.53. The number of imidazole rings is 2. The van der Waals surface area contributed by atoms with Gasteiger partial charge in [0.15, 0.2) is 11.2 Å². The lowest BCUT2D eigenvalue weighted by atomic mass is 9.49. The van der Waals surface area contributed by atoms with Gasteiger partial charge in [-0.1, -0.05) is 0 Å². The molecule has 0 spiro atoms. The molecular weight excluding hydrogens is 406 g/mol. The van der Waals surface area contributed by atoms with Crippen molar-refractivity contribution >= 4 is 16.9 Å². The van der Waals surface area contributed by atoms with Gasteiger partial charge in [-0.2, -0.15) is 4.98 Å². The molecule has 4 heterocycles. The van der Waals surface area contributed by atoms with E-state index in [2.05, 4.69) is 10.8 Å². The van der Waals surface area contributed by atoms with Crippen LogP contribution in [0.2, 0.25) is 0 Å². The van der Waals surface area contributed by atoms with Gasteiger partial charge in [0.1, 0.15) is 5.76 Å². The number of hydrogen-bond acceptors (Lipinski definition) is 4. The summed E-state index contributed by atoms with van der Waals surface area (Å²) in [5, 5.41) is 0. The second-order valence-corrected chi connectivity index (χ2v) is 10.5. The van der Waals surface area contributed by atoms with Gasteiger partial charge in [0.05, 0.1) is 12.8 Å². The average Bonchev–Trinajstić information content (AvgIpc) is 3.47. The first-order chi connectivity index (χ1) is 15.4. The molecule has 0 saturated heterocycles. The molecule has 4 aromatic heterocycles. The lowest BCUT2D eigenvalue weighted by Crippen LogP contribution is -2.49. The molecule has 0 aromatic carbocycles. The fraction of sp³-hybridized carbons (Fsp3) is 0.542. The second-order valence-electron chi connectivity index (χ2n) is 10.5. The Labute approximate surface area is 184 Å². The van der Waals surface area contributed by atoms with E-state index < -0.39 is 0 Å². The van der Waals surface area contributed by atoms with Crippen LogP contribution in [0.1, 0.15) is 50.0 Å². The Kier molecular flexibility index (Phi) is 3.51. The average molecular weight is 434 g/mol. The largest absolute Gasteiger partial charge is 0.467 e. The van der Waals surface area contributed by atoms with E-state index in [4.69, 9.17) is 9.40 Å². The molecule has 0 atom stereocenters. The molecule has 166 valence electrons. The van der Waals surface area contributed by atoms with Crippen LogP contribution < -0.4 is 11.2 Å². The van der Waals surface area contributed by atoms with Crippen LogP contribution in [-0.2, 0) is 26.1 Å². The molecule has 0 amide bonds. The molecule has 0 radical (unpaired) electrons. The lowest BCUT2D eigenvalue weighted by molar-refractivity contribution is -0.00863. The highest BCUT2D eigenvalue weighted by atomic mass is 16.3. The first-order valence-electron chi connectivity index (χ1n) is 11.6. The second kappa shape index (κ2) is 6.05. The van der Waals surface area contributed by atoms with Gasteiger partial charge in [0.2, 0.25) is 5.78 Å². The first-order valence-corrected chi connectivity index (χ1v) is 11.6. The van der Waals surface area contributed by atoms with E-state index in [1.165, 1.54) is 60.4 Å². The van der Waals surface area contributed by atoms with Gasteiger partial charge in [-0.15, -0.1) is 0 Å². The summed E-state index contributed by atoms with van der Waals surface area (Å²) in [5.74, 6) is 4.01. The molecular formula is C24H27N5O3. The van der Waals surface area contributed by atoms with E-state index in [1.807, 2.05) is 16.5 Å². The molecule has 8 rings (SSSR count). The van der Waals surface area contributed by atoms with E-state index >= 15 is 0 Å². The van der Waals surface area contributed by atoms with Crippen molar-refractivity contribution in [3.63, 3.8) is 0 Å². The van der Waals surface area contributed by atoms with Crippen LogP contribution in [0.25, 0.3) is 16.9 Å². The van der Waals surface area contributed by atoms with Crippen molar-refractivity contribution in [3.8, 4) is 0 Å². The van der Waals surface area contributed by atoms with E-state index in [0.717, 1.165) is 23.5 Å². The van der Waals surface area contributed by atoms with Crippen molar-refractivity contribution in [2.45, 2.75) is 50.5 Å². The van der Waals surface area contributed by atoms with Crippen molar-refractivity contribution in [2.24, 2.45) is 31.8 Å². The summed E-state index contributed by atoms with van der Waals surface area (Å²) >= 11 is 0. The summed E-state index contributed by atoms with van der Waals surface area (Å²) < 4.78 is 12.5. The standard InChI is InChI=1S/C24H27N5O3/c1-26-20-19(21(30)27(2)23(26)31)29-13-18(28(22(29)25-20)12-17-4-3-5-32-17)24-9-14-6-15(10-24)8-16(7-14)11-24/h3-5,13-16H,6-12H2,1-2H3. The molecule has 0 N–H and O–H groups in total. The van der Waals surface area contributed by atoms with Gasteiger partial charge in [-0.05, 0) is 68.4 Å². The highest BCUT2D eigenvalue weighted by Gasteiger charge is 2.53. The molecule has 4 fully saturated rings.